The van der Waals surface area contributed by atoms with Crippen molar-refractivity contribution in [2.24, 2.45) is 11.8 Å². The van der Waals surface area contributed by atoms with Gasteiger partial charge in [-0.3, -0.25) is 0 Å². The van der Waals surface area contributed by atoms with Crippen LogP contribution in [0.2, 0.25) is 0 Å². The quantitative estimate of drug-likeness (QED) is 0.665. The highest BCUT2D eigenvalue weighted by Gasteiger charge is 2.17. The standard InChI is InChI=1S/C12H22O/c1-10(8-9-11(2)13)12-6-4-3-5-7-12/h8-13H,3-7H2,1-2H3/b9-8+. The summed E-state index contributed by atoms with van der Waals surface area (Å²) in [5.74, 6) is 1.51. The van der Waals surface area contributed by atoms with Crippen LogP contribution < -0.4 is 0 Å². The van der Waals surface area contributed by atoms with Gasteiger partial charge in [-0.25, -0.2) is 0 Å². The van der Waals surface area contributed by atoms with Gasteiger partial charge in [-0.15, -0.1) is 0 Å². The van der Waals surface area contributed by atoms with Gasteiger partial charge in [0.2, 0.25) is 0 Å². The zero-order valence-corrected chi connectivity index (χ0v) is 8.87. The van der Waals surface area contributed by atoms with Crippen molar-refractivity contribution < 1.29 is 5.11 Å². The van der Waals surface area contributed by atoms with Crippen molar-refractivity contribution in [1.29, 1.82) is 0 Å². The average Bonchev–Trinajstić information content (AvgIpc) is 2.15. The lowest BCUT2D eigenvalue weighted by atomic mass is 9.81. The molecule has 0 saturated heterocycles. The van der Waals surface area contributed by atoms with Crippen LogP contribution in [0.5, 0.6) is 0 Å². The Morgan fingerprint density at radius 3 is 2.23 bits per heavy atom. The second-order valence-corrected chi connectivity index (χ2v) is 4.38. The van der Waals surface area contributed by atoms with E-state index in [9.17, 15) is 0 Å². The van der Waals surface area contributed by atoms with Crippen molar-refractivity contribution in [1.82, 2.24) is 0 Å². The topological polar surface area (TPSA) is 20.2 Å². The summed E-state index contributed by atoms with van der Waals surface area (Å²) < 4.78 is 0. The molecule has 1 aliphatic rings. The van der Waals surface area contributed by atoms with Crippen LogP contribution in [0, 0.1) is 11.8 Å². The minimum absolute atomic E-state index is 0.286. The molecule has 1 nitrogen and oxygen atoms in total. The second-order valence-electron chi connectivity index (χ2n) is 4.38. The van der Waals surface area contributed by atoms with Crippen molar-refractivity contribution in [3.63, 3.8) is 0 Å². The molecule has 2 atom stereocenters. The van der Waals surface area contributed by atoms with Crippen LogP contribution in [0.4, 0.5) is 0 Å². The third-order valence-electron chi connectivity index (χ3n) is 3.09. The minimum Gasteiger partial charge on any atom is -0.389 e. The molecule has 2 unspecified atom stereocenters. The van der Waals surface area contributed by atoms with E-state index in [2.05, 4.69) is 13.0 Å². The smallest absolute Gasteiger partial charge is 0.0692 e. The molecule has 1 fully saturated rings. The summed E-state index contributed by atoms with van der Waals surface area (Å²) in [6.07, 6.45) is 10.8. The molecule has 1 aliphatic carbocycles. The molecular weight excluding hydrogens is 160 g/mol. The van der Waals surface area contributed by atoms with Crippen LogP contribution in [-0.2, 0) is 0 Å². The molecule has 0 heterocycles. The Hall–Kier alpha value is -0.300. The first kappa shape index (κ1) is 10.8. The summed E-state index contributed by atoms with van der Waals surface area (Å²) in [7, 11) is 0. The van der Waals surface area contributed by atoms with Crippen LogP contribution in [-0.4, -0.2) is 11.2 Å². The van der Waals surface area contributed by atoms with E-state index in [0.29, 0.717) is 5.92 Å². The van der Waals surface area contributed by atoms with Gasteiger partial charge < -0.3 is 5.11 Å². The Bertz CT molecular complexity index is 155. The van der Waals surface area contributed by atoms with Gasteiger partial charge in [-0.1, -0.05) is 38.3 Å². The highest BCUT2D eigenvalue weighted by Crippen LogP contribution is 2.30. The van der Waals surface area contributed by atoms with E-state index >= 15 is 0 Å². The lowest BCUT2D eigenvalue weighted by Gasteiger charge is -2.25. The number of rotatable bonds is 3. The fraction of sp³-hybridized carbons (Fsp3) is 0.833. The molecule has 0 aromatic heterocycles. The van der Waals surface area contributed by atoms with Gasteiger partial charge >= 0.3 is 0 Å². The Morgan fingerprint density at radius 1 is 1.08 bits per heavy atom. The molecule has 0 aliphatic heterocycles. The monoisotopic (exact) mass is 182 g/mol. The SMILES string of the molecule is CC(O)/C=C/C(C)C1CCCCC1. The zero-order valence-electron chi connectivity index (χ0n) is 8.87. The van der Waals surface area contributed by atoms with Gasteiger partial charge in [-0.2, -0.15) is 0 Å². The van der Waals surface area contributed by atoms with Crippen LogP contribution in [0.15, 0.2) is 12.2 Å². The molecule has 0 aromatic rings. The van der Waals surface area contributed by atoms with Gasteiger partial charge in [0.15, 0.2) is 0 Å². The predicted molar refractivity (Wildman–Crippen MR) is 56.6 cm³/mol. The molecule has 76 valence electrons. The molecule has 0 spiro atoms. The maximum atomic E-state index is 9.11. The van der Waals surface area contributed by atoms with Gasteiger partial charge in [0.1, 0.15) is 0 Å². The van der Waals surface area contributed by atoms with Crippen molar-refractivity contribution in [3.05, 3.63) is 12.2 Å². The van der Waals surface area contributed by atoms with Gasteiger partial charge in [0.25, 0.3) is 0 Å². The summed E-state index contributed by atoms with van der Waals surface area (Å²) in [6.45, 7) is 4.08. The van der Waals surface area contributed by atoms with Crippen LogP contribution in [0.1, 0.15) is 46.0 Å². The van der Waals surface area contributed by atoms with E-state index in [1.54, 1.807) is 0 Å². The summed E-state index contributed by atoms with van der Waals surface area (Å²) >= 11 is 0. The number of allylic oxidation sites excluding steroid dienone is 1. The molecular formula is C12H22O. The zero-order chi connectivity index (χ0) is 9.68. The Labute approximate surface area is 81.9 Å². The third kappa shape index (κ3) is 3.95. The Morgan fingerprint density at radius 2 is 1.69 bits per heavy atom. The van der Waals surface area contributed by atoms with E-state index in [0.717, 1.165) is 5.92 Å². The first-order valence-corrected chi connectivity index (χ1v) is 5.56. The van der Waals surface area contributed by atoms with E-state index in [1.165, 1.54) is 32.1 Å². The highest BCUT2D eigenvalue weighted by atomic mass is 16.3. The molecule has 1 rings (SSSR count). The van der Waals surface area contributed by atoms with Crippen molar-refractivity contribution in [3.8, 4) is 0 Å². The Balaban J connectivity index is 2.32. The summed E-state index contributed by atoms with van der Waals surface area (Å²) in [4.78, 5) is 0. The van der Waals surface area contributed by atoms with E-state index in [-0.39, 0.29) is 6.10 Å². The summed E-state index contributed by atoms with van der Waals surface area (Å²) in [5.41, 5.74) is 0. The van der Waals surface area contributed by atoms with Crippen molar-refractivity contribution >= 4 is 0 Å². The molecule has 13 heavy (non-hydrogen) atoms. The van der Waals surface area contributed by atoms with Crippen LogP contribution in [0.25, 0.3) is 0 Å². The molecule has 0 bridgehead atoms. The normalized spacial score (nSPS) is 24.8. The Kier molecular flexibility index (Phi) is 4.51. The fourth-order valence-corrected chi connectivity index (χ4v) is 2.15. The maximum Gasteiger partial charge on any atom is 0.0692 e. The van der Waals surface area contributed by atoms with Crippen molar-refractivity contribution in [2.75, 3.05) is 0 Å². The largest absolute Gasteiger partial charge is 0.389 e. The molecule has 0 aromatic carbocycles. The average molecular weight is 182 g/mol. The summed E-state index contributed by atoms with van der Waals surface area (Å²) in [5, 5.41) is 9.11. The van der Waals surface area contributed by atoms with Gasteiger partial charge in [0, 0.05) is 0 Å². The summed E-state index contributed by atoms with van der Waals surface area (Å²) in [6, 6.07) is 0. The fourth-order valence-electron chi connectivity index (χ4n) is 2.15. The molecule has 0 radical (unpaired) electrons. The maximum absolute atomic E-state index is 9.11. The second kappa shape index (κ2) is 5.43. The lowest BCUT2D eigenvalue weighted by molar-refractivity contribution is 0.241. The van der Waals surface area contributed by atoms with E-state index in [1.807, 2.05) is 13.0 Å². The molecule has 1 heteroatoms. The van der Waals surface area contributed by atoms with Crippen LogP contribution >= 0.6 is 0 Å². The number of hydrogen-bond acceptors (Lipinski definition) is 1. The van der Waals surface area contributed by atoms with E-state index in [4.69, 9.17) is 5.11 Å². The lowest BCUT2D eigenvalue weighted by Crippen LogP contribution is -2.13. The molecule has 0 amide bonds. The minimum atomic E-state index is -0.286. The number of aliphatic hydroxyl groups excluding tert-OH is 1. The number of aliphatic hydroxyl groups is 1. The van der Waals surface area contributed by atoms with Crippen LogP contribution in [0.3, 0.4) is 0 Å². The predicted octanol–water partition coefficient (Wildman–Crippen LogP) is 3.14. The van der Waals surface area contributed by atoms with E-state index < -0.39 is 0 Å². The first-order valence-electron chi connectivity index (χ1n) is 5.56. The number of hydrogen-bond donors (Lipinski definition) is 1. The first-order chi connectivity index (χ1) is 6.20. The molecule has 1 saturated carbocycles. The molecule has 1 N–H and O–H groups in total. The third-order valence-corrected chi connectivity index (χ3v) is 3.09. The van der Waals surface area contributed by atoms with Gasteiger partial charge in [-0.05, 0) is 31.6 Å². The van der Waals surface area contributed by atoms with Crippen molar-refractivity contribution in [2.45, 2.75) is 52.1 Å². The highest BCUT2D eigenvalue weighted by molar-refractivity contribution is 4.93. The van der Waals surface area contributed by atoms with Gasteiger partial charge in [0.05, 0.1) is 6.10 Å².